The number of carbonyl (C=O) groups is 1. The summed E-state index contributed by atoms with van der Waals surface area (Å²) in [5.41, 5.74) is -0.362. The van der Waals surface area contributed by atoms with Crippen LogP contribution in [0.15, 0.2) is 42.5 Å². The first-order valence-electron chi connectivity index (χ1n) is 6.71. The summed E-state index contributed by atoms with van der Waals surface area (Å²) in [5.74, 6) is -0.922. The third-order valence-corrected chi connectivity index (χ3v) is 3.25. The Morgan fingerprint density at radius 1 is 1.24 bits per heavy atom. The number of nitro benzene ring substituents is 1. The van der Waals surface area contributed by atoms with Crippen LogP contribution in [-0.2, 0) is 0 Å². The standard InChI is InChI=1S/C15H10ClF3N2O4/c16-11-7-9(21(23)24)5-6-10(11)14(22)20-12-3-1-2-4-13(12)25-8-15(17,18)19/h1-7H,8H2,(H,20,22). The minimum Gasteiger partial charge on any atom is -0.482 e. The van der Waals surface area contributed by atoms with Gasteiger partial charge in [-0.3, -0.25) is 14.9 Å². The number of halogens is 4. The predicted molar refractivity (Wildman–Crippen MR) is 84.1 cm³/mol. The average molecular weight is 375 g/mol. The quantitative estimate of drug-likeness (QED) is 0.619. The lowest BCUT2D eigenvalue weighted by Gasteiger charge is -2.14. The molecule has 0 spiro atoms. The first-order valence-corrected chi connectivity index (χ1v) is 7.09. The molecule has 132 valence electrons. The van der Waals surface area contributed by atoms with Gasteiger partial charge in [-0.15, -0.1) is 0 Å². The second-order valence-corrected chi connectivity index (χ2v) is 5.18. The molecule has 0 saturated heterocycles. The maximum absolute atomic E-state index is 12.3. The van der Waals surface area contributed by atoms with Crippen LogP contribution < -0.4 is 10.1 Å². The Kier molecular flexibility index (Phi) is 5.48. The molecule has 1 amide bonds. The largest absolute Gasteiger partial charge is 0.482 e. The van der Waals surface area contributed by atoms with E-state index < -0.39 is 23.6 Å². The van der Waals surface area contributed by atoms with Gasteiger partial charge in [-0.05, 0) is 18.2 Å². The van der Waals surface area contributed by atoms with Gasteiger partial charge in [0.2, 0.25) is 0 Å². The van der Waals surface area contributed by atoms with Gasteiger partial charge in [0, 0.05) is 12.1 Å². The van der Waals surface area contributed by atoms with Crippen molar-refractivity contribution in [3.05, 3.63) is 63.2 Å². The van der Waals surface area contributed by atoms with E-state index in [-0.39, 0.29) is 27.7 Å². The molecule has 1 N–H and O–H groups in total. The third-order valence-electron chi connectivity index (χ3n) is 2.93. The fraction of sp³-hybridized carbons (Fsp3) is 0.133. The van der Waals surface area contributed by atoms with E-state index >= 15 is 0 Å². The van der Waals surface area contributed by atoms with Crippen LogP contribution >= 0.6 is 11.6 Å². The molecule has 0 bridgehead atoms. The lowest BCUT2D eigenvalue weighted by molar-refractivity contribution is -0.384. The summed E-state index contributed by atoms with van der Waals surface area (Å²) in [6.07, 6.45) is -4.53. The molecule has 25 heavy (non-hydrogen) atoms. The fourth-order valence-corrected chi connectivity index (χ4v) is 2.11. The van der Waals surface area contributed by atoms with E-state index in [0.29, 0.717) is 0 Å². The lowest BCUT2D eigenvalue weighted by atomic mass is 10.2. The van der Waals surface area contributed by atoms with Gasteiger partial charge in [-0.1, -0.05) is 23.7 Å². The normalized spacial score (nSPS) is 11.0. The van der Waals surface area contributed by atoms with E-state index in [1.807, 2.05) is 0 Å². The number of hydrogen-bond donors (Lipinski definition) is 1. The van der Waals surface area contributed by atoms with Gasteiger partial charge >= 0.3 is 6.18 Å². The van der Waals surface area contributed by atoms with Gasteiger partial charge in [0.15, 0.2) is 6.61 Å². The van der Waals surface area contributed by atoms with Crippen LogP contribution in [0.5, 0.6) is 5.75 Å². The Morgan fingerprint density at radius 3 is 2.52 bits per heavy atom. The van der Waals surface area contributed by atoms with Crippen molar-refractivity contribution in [1.29, 1.82) is 0 Å². The first-order chi connectivity index (χ1) is 11.7. The van der Waals surface area contributed by atoms with Crippen molar-refractivity contribution in [3.63, 3.8) is 0 Å². The summed E-state index contributed by atoms with van der Waals surface area (Å²) >= 11 is 5.85. The monoisotopic (exact) mass is 374 g/mol. The molecule has 0 aromatic heterocycles. The number of carbonyl (C=O) groups excluding carboxylic acids is 1. The molecule has 0 aliphatic heterocycles. The van der Waals surface area contributed by atoms with Crippen LogP contribution in [0.4, 0.5) is 24.5 Å². The number of amides is 1. The average Bonchev–Trinajstić information content (AvgIpc) is 2.53. The van der Waals surface area contributed by atoms with Gasteiger partial charge in [-0.2, -0.15) is 13.2 Å². The summed E-state index contributed by atoms with van der Waals surface area (Å²) in [7, 11) is 0. The van der Waals surface area contributed by atoms with E-state index in [0.717, 1.165) is 18.2 Å². The number of nitrogens with zero attached hydrogens (tertiary/aromatic N) is 1. The van der Waals surface area contributed by atoms with Gasteiger partial charge < -0.3 is 10.1 Å². The minimum atomic E-state index is -4.53. The second kappa shape index (κ2) is 7.39. The van der Waals surface area contributed by atoms with Crippen molar-refractivity contribution in [3.8, 4) is 5.75 Å². The highest BCUT2D eigenvalue weighted by molar-refractivity contribution is 6.34. The van der Waals surface area contributed by atoms with Crippen molar-refractivity contribution < 1.29 is 27.6 Å². The molecule has 0 aliphatic rings. The van der Waals surface area contributed by atoms with Gasteiger partial charge in [0.1, 0.15) is 5.75 Å². The maximum atomic E-state index is 12.3. The highest BCUT2D eigenvalue weighted by Gasteiger charge is 2.29. The summed E-state index contributed by atoms with van der Waals surface area (Å²) in [5, 5.41) is 12.9. The zero-order valence-electron chi connectivity index (χ0n) is 12.3. The fourth-order valence-electron chi connectivity index (χ4n) is 1.85. The van der Waals surface area contributed by atoms with Crippen molar-refractivity contribution in [1.82, 2.24) is 0 Å². The molecule has 0 saturated carbocycles. The molecule has 6 nitrogen and oxygen atoms in total. The maximum Gasteiger partial charge on any atom is 0.422 e. The van der Waals surface area contributed by atoms with E-state index in [1.165, 1.54) is 24.3 Å². The van der Waals surface area contributed by atoms with E-state index in [2.05, 4.69) is 10.1 Å². The van der Waals surface area contributed by atoms with E-state index in [4.69, 9.17) is 11.6 Å². The number of non-ortho nitro benzene ring substituents is 1. The molecule has 0 heterocycles. The van der Waals surface area contributed by atoms with Crippen LogP contribution in [0.2, 0.25) is 5.02 Å². The zero-order chi connectivity index (χ0) is 18.6. The summed E-state index contributed by atoms with van der Waals surface area (Å²) in [4.78, 5) is 22.2. The summed E-state index contributed by atoms with van der Waals surface area (Å²) in [6, 6.07) is 8.79. The number of nitrogens with one attached hydrogen (secondary N) is 1. The Morgan fingerprint density at radius 2 is 1.92 bits per heavy atom. The van der Waals surface area contributed by atoms with Gasteiger partial charge in [-0.25, -0.2) is 0 Å². The molecule has 2 aromatic carbocycles. The Labute approximate surface area is 144 Å². The van der Waals surface area contributed by atoms with Crippen LogP contribution in [0.1, 0.15) is 10.4 Å². The van der Waals surface area contributed by atoms with E-state index in [9.17, 15) is 28.1 Å². The van der Waals surface area contributed by atoms with Crippen molar-refractivity contribution >= 4 is 28.9 Å². The van der Waals surface area contributed by atoms with Crippen LogP contribution in [0.3, 0.4) is 0 Å². The molecule has 0 atom stereocenters. The molecular formula is C15H10ClF3N2O4. The zero-order valence-corrected chi connectivity index (χ0v) is 13.1. The van der Waals surface area contributed by atoms with Crippen molar-refractivity contribution in [2.24, 2.45) is 0 Å². The third kappa shape index (κ3) is 5.08. The molecule has 0 radical (unpaired) electrons. The lowest BCUT2D eigenvalue weighted by Crippen LogP contribution is -2.20. The molecule has 2 aromatic rings. The molecule has 0 aliphatic carbocycles. The second-order valence-electron chi connectivity index (χ2n) is 4.78. The van der Waals surface area contributed by atoms with E-state index in [1.54, 1.807) is 0 Å². The number of ether oxygens (including phenoxy) is 1. The Balaban J connectivity index is 2.20. The number of hydrogen-bond acceptors (Lipinski definition) is 4. The number of nitro groups is 1. The summed E-state index contributed by atoms with van der Waals surface area (Å²) in [6.45, 7) is -1.52. The highest BCUT2D eigenvalue weighted by Crippen LogP contribution is 2.28. The molecular weight excluding hydrogens is 365 g/mol. The highest BCUT2D eigenvalue weighted by atomic mass is 35.5. The van der Waals surface area contributed by atoms with Crippen molar-refractivity contribution in [2.45, 2.75) is 6.18 Å². The molecule has 2 rings (SSSR count). The van der Waals surface area contributed by atoms with Crippen LogP contribution in [0, 0.1) is 10.1 Å². The summed E-state index contributed by atoms with van der Waals surface area (Å²) < 4.78 is 41.5. The molecule has 0 fully saturated rings. The minimum absolute atomic E-state index is 0.00571. The smallest absolute Gasteiger partial charge is 0.422 e. The van der Waals surface area contributed by atoms with Crippen LogP contribution in [0.25, 0.3) is 0 Å². The number of benzene rings is 2. The van der Waals surface area contributed by atoms with Crippen molar-refractivity contribution in [2.75, 3.05) is 11.9 Å². The van der Waals surface area contributed by atoms with Crippen LogP contribution in [-0.4, -0.2) is 23.6 Å². The Hall–Kier alpha value is -2.81. The molecule has 0 unspecified atom stereocenters. The first kappa shape index (κ1) is 18.5. The number of anilines is 1. The number of alkyl halides is 3. The number of rotatable bonds is 5. The SMILES string of the molecule is O=C(Nc1ccccc1OCC(F)(F)F)c1ccc([N+](=O)[O-])cc1Cl. The number of para-hydroxylation sites is 2. The van der Waals surface area contributed by atoms with Gasteiger partial charge in [0.25, 0.3) is 11.6 Å². The van der Waals surface area contributed by atoms with Gasteiger partial charge in [0.05, 0.1) is 21.2 Å². The topological polar surface area (TPSA) is 81.5 Å². The molecule has 10 heteroatoms. The Bertz CT molecular complexity index is 812. The predicted octanol–water partition coefficient (Wildman–Crippen LogP) is 4.44.